The molecule has 1 amide bonds. The highest BCUT2D eigenvalue weighted by atomic mass is 16.5. The van der Waals surface area contributed by atoms with Gasteiger partial charge in [-0.15, -0.1) is 0 Å². The molecule has 1 saturated carbocycles. The first-order valence-corrected chi connectivity index (χ1v) is 9.31. The highest BCUT2D eigenvalue weighted by molar-refractivity contribution is 6.06. The number of benzene rings is 1. The van der Waals surface area contributed by atoms with Gasteiger partial charge >= 0.3 is 0 Å². The van der Waals surface area contributed by atoms with Crippen molar-refractivity contribution in [2.24, 2.45) is 0 Å². The van der Waals surface area contributed by atoms with Crippen molar-refractivity contribution in [3.63, 3.8) is 0 Å². The number of nitrogens with zero attached hydrogens (tertiary/aromatic N) is 2. The maximum Gasteiger partial charge on any atom is 0.259 e. The molecule has 28 heavy (non-hydrogen) atoms. The van der Waals surface area contributed by atoms with E-state index in [9.17, 15) is 4.79 Å². The zero-order chi connectivity index (χ0) is 19.8. The Morgan fingerprint density at radius 1 is 1.21 bits per heavy atom. The van der Waals surface area contributed by atoms with Crippen LogP contribution in [-0.2, 0) is 0 Å². The van der Waals surface area contributed by atoms with Gasteiger partial charge in [0.1, 0.15) is 0 Å². The van der Waals surface area contributed by atoms with Gasteiger partial charge in [0, 0.05) is 11.6 Å². The molecule has 1 fully saturated rings. The largest absolute Gasteiger partial charge is 0.493 e. The van der Waals surface area contributed by atoms with Crippen LogP contribution in [0.25, 0.3) is 11.1 Å². The summed E-state index contributed by atoms with van der Waals surface area (Å²) in [5.41, 5.74) is 3.45. The van der Waals surface area contributed by atoms with Crippen molar-refractivity contribution in [1.82, 2.24) is 15.5 Å². The zero-order valence-electron chi connectivity index (χ0n) is 16.4. The van der Waals surface area contributed by atoms with Crippen LogP contribution in [0.1, 0.15) is 59.0 Å². The van der Waals surface area contributed by atoms with Gasteiger partial charge in [0.2, 0.25) is 0 Å². The first-order chi connectivity index (χ1) is 13.5. The molecule has 0 aliphatic heterocycles. The molecule has 1 aromatic carbocycles. The van der Waals surface area contributed by atoms with Crippen LogP contribution in [0.5, 0.6) is 11.5 Å². The Kier molecular flexibility index (Phi) is 4.66. The Hall–Kier alpha value is -3.09. The van der Waals surface area contributed by atoms with E-state index in [1.807, 2.05) is 38.1 Å². The Morgan fingerprint density at radius 3 is 2.64 bits per heavy atom. The van der Waals surface area contributed by atoms with Gasteiger partial charge in [-0.25, -0.2) is 4.98 Å². The first kappa shape index (κ1) is 18.3. The van der Waals surface area contributed by atoms with Crippen LogP contribution in [0.4, 0.5) is 0 Å². The van der Waals surface area contributed by atoms with Gasteiger partial charge in [0.15, 0.2) is 11.5 Å². The maximum atomic E-state index is 13.1. The SMILES string of the molecule is COc1ccc([C@H](C)NC(=O)c2cc(C3CC3)nc3onc(C)c23)cc1OC. The summed E-state index contributed by atoms with van der Waals surface area (Å²) >= 11 is 0. The minimum atomic E-state index is -0.222. The predicted octanol–water partition coefficient (Wildman–Crippen LogP) is 3.92. The summed E-state index contributed by atoms with van der Waals surface area (Å²) in [4.78, 5) is 17.6. The quantitative estimate of drug-likeness (QED) is 0.696. The molecule has 0 spiro atoms. The summed E-state index contributed by atoms with van der Waals surface area (Å²) in [5, 5.41) is 7.72. The number of methoxy groups -OCH3 is 2. The van der Waals surface area contributed by atoms with Crippen molar-refractivity contribution in [1.29, 1.82) is 0 Å². The molecule has 146 valence electrons. The molecule has 7 heteroatoms. The third kappa shape index (κ3) is 3.28. The van der Waals surface area contributed by atoms with Gasteiger partial charge in [-0.2, -0.15) is 0 Å². The number of fused-ring (bicyclic) bond motifs is 1. The monoisotopic (exact) mass is 381 g/mol. The predicted molar refractivity (Wildman–Crippen MR) is 104 cm³/mol. The van der Waals surface area contributed by atoms with Gasteiger partial charge in [0.25, 0.3) is 11.6 Å². The van der Waals surface area contributed by atoms with Crippen molar-refractivity contribution in [2.75, 3.05) is 14.2 Å². The van der Waals surface area contributed by atoms with Crippen LogP contribution in [0.15, 0.2) is 28.8 Å². The first-order valence-electron chi connectivity index (χ1n) is 9.31. The second kappa shape index (κ2) is 7.14. The molecule has 1 aliphatic carbocycles. The second-order valence-corrected chi connectivity index (χ2v) is 7.13. The molecule has 1 atom stereocenters. The highest BCUT2D eigenvalue weighted by Crippen LogP contribution is 2.40. The number of carbonyl (C=O) groups excluding carboxylic acids is 1. The lowest BCUT2D eigenvalue weighted by atomic mass is 10.0. The van der Waals surface area contributed by atoms with E-state index in [4.69, 9.17) is 14.0 Å². The molecule has 2 aromatic heterocycles. The molecular weight excluding hydrogens is 358 g/mol. The van der Waals surface area contributed by atoms with Crippen LogP contribution >= 0.6 is 0 Å². The van der Waals surface area contributed by atoms with E-state index in [1.54, 1.807) is 14.2 Å². The molecule has 0 radical (unpaired) electrons. The molecule has 1 N–H and O–H groups in total. The van der Waals surface area contributed by atoms with Crippen LogP contribution in [-0.4, -0.2) is 30.3 Å². The Balaban J connectivity index is 1.64. The van der Waals surface area contributed by atoms with E-state index in [0.29, 0.717) is 39.8 Å². The van der Waals surface area contributed by atoms with E-state index in [0.717, 1.165) is 24.1 Å². The fourth-order valence-corrected chi connectivity index (χ4v) is 3.36. The molecular formula is C21H23N3O4. The summed E-state index contributed by atoms with van der Waals surface area (Å²) in [5.74, 6) is 1.50. The van der Waals surface area contributed by atoms with Crippen LogP contribution in [0.3, 0.4) is 0 Å². The third-order valence-corrected chi connectivity index (χ3v) is 5.13. The summed E-state index contributed by atoms with van der Waals surface area (Å²) in [6.45, 7) is 3.75. The van der Waals surface area contributed by atoms with Crippen LogP contribution in [0.2, 0.25) is 0 Å². The topological polar surface area (TPSA) is 86.5 Å². The Bertz CT molecular complexity index is 1040. The average molecular weight is 381 g/mol. The number of pyridine rings is 1. The lowest BCUT2D eigenvalue weighted by molar-refractivity contribution is 0.0941. The molecule has 3 aromatic rings. The Labute approximate surface area is 163 Å². The molecule has 0 bridgehead atoms. The number of hydrogen-bond acceptors (Lipinski definition) is 6. The fourth-order valence-electron chi connectivity index (χ4n) is 3.36. The molecule has 0 saturated heterocycles. The fraction of sp³-hybridized carbons (Fsp3) is 0.381. The van der Waals surface area contributed by atoms with Gasteiger partial charge < -0.3 is 19.3 Å². The standard InChI is InChI=1S/C21H23N3O4/c1-11(14-7-8-17(26-3)18(9-14)27-4)22-20(25)15-10-16(13-5-6-13)23-21-19(15)12(2)24-28-21/h7-11,13H,5-6H2,1-4H3,(H,22,25)/t11-/m0/s1. The average Bonchev–Trinajstić information content (AvgIpc) is 3.50. The summed E-state index contributed by atoms with van der Waals surface area (Å²) in [6, 6.07) is 7.26. The van der Waals surface area contributed by atoms with Crippen molar-refractivity contribution in [2.45, 2.75) is 38.6 Å². The van der Waals surface area contributed by atoms with Crippen molar-refractivity contribution >= 4 is 17.0 Å². The van der Waals surface area contributed by atoms with E-state index in [2.05, 4.69) is 15.5 Å². The number of amides is 1. The number of carbonyl (C=O) groups is 1. The molecule has 7 nitrogen and oxygen atoms in total. The second-order valence-electron chi connectivity index (χ2n) is 7.13. The van der Waals surface area contributed by atoms with Crippen molar-refractivity contribution < 1.29 is 18.8 Å². The van der Waals surface area contributed by atoms with Crippen LogP contribution in [0, 0.1) is 6.92 Å². The number of hydrogen-bond donors (Lipinski definition) is 1. The number of aromatic nitrogens is 2. The normalized spacial score (nSPS) is 14.7. The van der Waals surface area contributed by atoms with E-state index < -0.39 is 0 Å². The van der Waals surface area contributed by atoms with Crippen LogP contribution < -0.4 is 14.8 Å². The van der Waals surface area contributed by atoms with Gasteiger partial charge in [0.05, 0.1) is 36.9 Å². The molecule has 1 aliphatic rings. The molecule has 4 rings (SSSR count). The summed E-state index contributed by atoms with van der Waals surface area (Å²) in [7, 11) is 3.18. The molecule has 2 heterocycles. The Morgan fingerprint density at radius 2 is 1.96 bits per heavy atom. The van der Waals surface area contributed by atoms with Gasteiger partial charge in [-0.3, -0.25) is 4.79 Å². The highest BCUT2D eigenvalue weighted by Gasteiger charge is 2.29. The smallest absolute Gasteiger partial charge is 0.259 e. The lowest BCUT2D eigenvalue weighted by Crippen LogP contribution is -2.27. The minimum absolute atomic E-state index is 0.178. The van der Waals surface area contributed by atoms with Gasteiger partial charge in [-0.05, 0) is 50.5 Å². The third-order valence-electron chi connectivity index (χ3n) is 5.13. The van der Waals surface area contributed by atoms with E-state index in [-0.39, 0.29) is 11.9 Å². The van der Waals surface area contributed by atoms with E-state index >= 15 is 0 Å². The van der Waals surface area contributed by atoms with Crippen molar-refractivity contribution in [3.8, 4) is 11.5 Å². The number of nitrogens with one attached hydrogen (secondary N) is 1. The number of aryl methyl sites for hydroxylation is 1. The lowest BCUT2D eigenvalue weighted by Gasteiger charge is -2.17. The van der Waals surface area contributed by atoms with Crippen molar-refractivity contribution in [3.05, 3.63) is 46.8 Å². The number of rotatable bonds is 6. The van der Waals surface area contributed by atoms with Gasteiger partial charge in [-0.1, -0.05) is 11.2 Å². The minimum Gasteiger partial charge on any atom is -0.493 e. The molecule has 0 unspecified atom stereocenters. The zero-order valence-corrected chi connectivity index (χ0v) is 16.4. The van der Waals surface area contributed by atoms with E-state index in [1.165, 1.54) is 0 Å². The maximum absolute atomic E-state index is 13.1. The summed E-state index contributed by atoms with van der Waals surface area (Å²) in [6.07, 6.45) is 2.18. The number of ether oxygens (including phenoxy) is 2. The summed E-state index contributed by atoms with van der Waals surface area (Å²) < 4.78 is 16.0.